The van der Waals surface area contributed by atoms with Gasteiger partial charge < -0.3 is 4.57 Å². The third-order valence-electron chi connectivity index (χ3n) is 2.36. The monoisotopic (exact) mass is 168 g/mol. The van der Waals surface area contributed by atoms with Crippen LogP contribution in [-0.2, 0) is 6.54 Å². The fourth-order valence-electron chi connectivity index (χ4n) is 1.40. The summed E-state index contributed by atoms with van der Waals surface area (Å²) in [6.45, 7) is 1.07. The Morgan fingerprint density at radius 2 is 2.45 bits per heavy atom. The number of hydrogen-bond donors (Lipinski definition) is 1. The molecule has 0 radical (unpaired) electrons. The second-order valence-electron chi connectivity index (χ2n) is 3.16. The lowest BCUT2D eigenvalue weighted by Gasteiger charge is -2.25. The van der Waals surface area contributed by atoms with Crippen LogP contribution in [0.3, 0.4) is 0 Å². The summed E-state index contributed by atoms with van der Waals surface area (Å²) in [6.07, 6.45) is 6.14. The largest absolute Gasteiger partial charge is 0.324 e. The van der Waals surface area contributed by atoms with Gasteiger partial charge in [-0.05, 0) is 18.8 Å². The van der Waals surface area contributed by atoms with Gasteiger partial charge in [0.1, 0.15) is 0 Å². The molecule has 0 spiro atoms. The van der Waals surface area contributed by atoms with Crippen molar-refractivity contribution in [3.8, 4) is 0 Å². The predicted octanol–water partition coefficient (Wildman–Crippen LogP) is 1.83. The van der Waals surface area contributed by atoms with Crippen molar-refractivity contribution in [2.45, 2.75) is 25.8 Å². The van der Waals surface area contributed by atoms with E-state index in [1.807, 2.05) is 11.6 Å². The Morgan fingerprint density at radius 1 is 1.64 bits per heavy atom. The fraction of sp³-hybridized carbons (Fsp3) is 0.625. The molecule has 1 aliphatic rings. The molecule has 1 N–H and O–H groups in total. The smallest absolute Gasteiger partial charge is 0.181 e. The predicted molar refractivity (Wildman–Crippen MR) is 45.5 cm³/mol. The molecular weight excluding hydrogens is 156 g/mol. The molecular formula is C8H12N2S. The summed E-state index contributed by atoms with van der Waals surface area (Å²) in [5.41, 5.74) is 0. The maximum Gasteiger partial charge on any atom is 0.181 e. The van der Waals surface area contributed by atoms with Crippen molar-refractivity contribution < 1.29 is 0 Å². The van der Waals surface area contributed by atoms with Crippen LogP contribution in [0.1, 0.15) is 19.3 Å². The number of hydrogen-bond acceptors (Lipinski definition) is 2. The summed E-state index contributed by atoms with van der Waals surface area (Å²) in [4.78, 5) is 0.692. The summed E-state index contributed by atoms with van der Waals surface area (Å²) < 4.78 is 2.05. The summed E-state index contributed by atoms with van der Waals surface area (Å²) in [7, 11) is 0. The summed E-state index contributed by atoms with van der Waals surface area (Å²) >= 11 is 1.51. The van der Waals surface area contributed by atoms with E-state index >= 15 is 0 Å². The van der Waals surface area contributed by atoms with Crippen LogP contribution in [0, 0.1) is 11.3 Å². The molecule has 3 heteroatoms. The van der Waals surface area contributed by atoms with Crippen LogP contribution >= 0.6 is 11.3 Å². The van der Waals surface area contributed by atoms with Crippen LogP contribution in [0.5, 0.6) is 0 Å². The summed E-state index contributed by atoms with van der Waals surface area (Å²) in [5, 5.41) is 9.51. The average molecular weight is 168 g/mol. The minimum absolute atomic E-state index is 0.692. The normalized spacial score (nSPS) is 18.2. The lowest BCUT2D eigenvalue weighted by atomic mass is 9.85. The van der Waals surface area contributed by atoms with Gasteiger partial charge in [-0.15, -0.1) is 11.3 Å². The lowest BCUT2D eigenvalue weighted by molar-refractivity contribution is 0.274. The number of nitrogens with one attached hydrogen (secondary N) is 1. The van der Waals surface area contributed by atoms with E-state index in [1.54, 1.807) is 0 Å². The van der Waals surface area contributed by atoms with Gasteiger partial charge in [0, 0.05) is 18.1 Å². The Bertz CT molecular complexity index is 282. The van der Waals surface area contributed by atoms with Gasteiger partial charge in [-0.2, -0.15) is 0 Å². The topological polar surface area (TPSA) is 28.8 Å². The van der Waals surface area contributed by atoms with Crippen molar-refractivity contribution in [3.05, 3.63) is 16.4 Å². The molecule has 2 nitrogen and oxygen atoms in total. The molecule has 0 amide bonds. The molecule has 0 aromatic carbocycles. The van der Waals surface area contributed by atoms with Crippen molar-refractivity contribution in [2.24, 2.45) is 5.92 Å². The molecule has 1 heterocycles. The van der Waals surface area contributed by atoms with Gasteiger partial charge in [-0.25, -0.2) is 0 Å². The van der Waals surface area contributed by atoms with Gasteiger partial charge in [-0.3, -0.25) is 5.41 Å². The zero-order valence-corrected chi connectivity index (χ0v) is 7.23. The van der Waals surface area contributed by atoms with E-state index in [-0.39, 0.29) is 0 Å². The van der Waals surface area contributed by atoms with Crippen molar-refractivity contribution in [1.29, 1.82) is 5.41 Å². The Morgan fingerprint density at radius 3 is 2.91 bits per heavy atom. The minimum Gasteiger partial charge on any atom is -0.324 e. The molecule has 1 fully saturated rings. The van der Waals surface area contributed by atoms with Gasteiger partial charge in [-0.1, -0.05) is 6.42 Å². The number of thiazole rings is 1. The van der Waals surface area contributed by atoms with E-state index in [1.165, 1.54) is 30.6 Å². The maximum absolute atomic E-state index is 7.52. The highest BCUT2D eigenvalue weighted by atomic mass is 32.1. The molecule has 11 heavy (non-hydrogen) atoms. The van der Waals surface area contributed by atoms with Crippen molar-refractivity contribution in [2.75, 3.05) is 0 Å². The maximum atomic E-state index is 7.52. The first-order valence-electron chi connectivity index (χ1n) is 4.05. The zero-order chi connectivity index (χ0) is 7.68. The van der Waals surface area contributed by atoms with E-state index in [0.29, 0.717) is 4.80 Å². The van der Waals surface area contributed by atoms with E-state index in [0.717, 1.165) is 12.5 Å². The molecule has 0 aliphatic heterocycles. The third-order valence-corrected chi connectivity index (χ3v) is 3.08. The molecule has 60 valence electrons. The number of rotatable bonds is 2. The van der Waals surface area contributed by atoms with Gasteiger partial charge in [0.15, 0.2) is 4.80 Å². The van der Waals surface area contributed by atoms with Crippen LogP contribution in [0.2, 0.25) is 0 Å². The van der Waals surface area contributed by atoms with Crippen LogP contribution in [0.15, 0.2) is 11.6 Å². The van der Waals surface area contributed by atoms with Crippen LogP contribution in [-0.4, -0.2) is 4.57 Å². The lowest BCUT2D eigenvalue weighted by Crippen LogP contribution is -2.23. The van der Waals surface area contributed by atoms with Crippen molar-refractivity contribution in [3.63, 3.8) is 0 Å². The molecule has 0 unspecified atom stereocenters. The quantitative estimate of drug-likeness (QED) is 0.698. The van der Waals surface area contributed by atoms with Gasteiger partial charge in [0.05, 0.1) is 0 Å². The third kappa shape index (κ3) is 1.38. The average Bonchev–Trinajstić information content (AvgIpc) is 2.27. The number of nitrogens with zero attached hydrogens (tertiary/aromatic N) is 1. The standard InChI is InChI=1S/C8H12N2S/c9-8-10(4-5-11-8)6-7-2-1-3-7/h4-5,7,9H,1-3,6H2. The van der Waals surface area contributed by atoms with E-state index in [4.69, 9.17) is 5.41 Å². The molecule has 2 rings (SSSR count). The fourth-order valence-corrected chi connectivity index (χ4v) is 2.01. The molecule has 0 saturated heterocycles. The SMILES string of the molecule is N=c1sccn1CC1CCC1. The van der Waals surface area contributed by atoms with Crippen LogP contribution < -0.4 is 4.80 Å². The Hall–Kier alpha value is -0.570. The highest BCUT2D eigenvalue weighted by Crippen LogP contribution is 2.27. The summed E-state index contributed by atoms with van der Waals surface area (Å²) in [6, 6.07) is 0. The Balaban J connectivity index is 2.05. The first-order chi connectivity index (χ1) is 5.36. The second kappa shape index (κ2) is 2.81. The first-order valence-corrected chi connectivity index (χ1v) is 4.93. The molecule has 1 saturated carbocycles. The van der Waals surface area contributed by atoms with Crippen LogP contribution in [0.25, 0.3) is 0 Å². The Labute approximate surface area is 70.0 Å². The zero-order valence-electron chi connectivity index (χ0n) is 6.42. The molecule has 1 aromatic rings. The molecule has 1 aliphatic carbocycles. The van der Waals surface area contributed by atoms with Gasteiger partial charge in [0.2, 0.25) is 0 Å². The van der Waals surface area contributed by atoms with Crippen LogP contribution in [0.4, 0.5) is 0 Å². The summed E-state index contributed by atoms with van der Waals surface area (Å²) in [5.74, 6) is 0.860. The molecule has 0 atom stereocenters. The Kier molecular flexibility index (Phi) is 1.82. The number of aromatic nitrogens is 1. The highest BCUT2D eigenvalue weighted by molar-refractivity contribution is 7.06. The van der Waals surface area contributed by atoms with E-state index < -0.39 is 0 Å². The van der Waals surface area contributed by atoms with Gasteiger partial charge in [0.25, 0.3) is 0 Å². The van der Waals surface area contributed by atoms with E-state index in [2.05, 4.69) is 4.57 Å². The highest BCUT2D eigenvalue weighted by Gasteiger charge is 2.17. The first kappa shape index (κ1) is 7.10. The van der Waals surface area contributed by atoms with Crippen molar-refractivity contribution >= 4 is 11.3 Å². The van der Waals surface area contributed by atoms with Crippen molar-refractivity contribution in [1.82, 2.24) is 4.57 Å². The molecule has 1 aromatic heterocycles. The minimum atomic E-state index is 0.692. The van der Waals surface area contributed by atoms with E-state index in [9.17, 15) is 0 Å². The van der Waals surface area contributed by atoms with Gasteiger partial charge >= 0.3 is 0 Å². The molecule has 0 bridgehead atoms. The second-order valence-corrected chi connectivity index (χ2v) is 4.05.